The van der Waals surface area contributed by atoms with Crippen molar-refractivity contribution in [3.63, 3.8) is 0 Å². The minimum Gasteiger partial charge on any atom is -0.489 e. The van der Waals surface area contributed by atoms with E-state index in [4.69, 9.17) is 10.5 Å². The van der Waals surface area contributed by atoms with E-state index >= 15 is 0 Å². The average molecular weight is 258 g/mol. The third-order valence-corrected chi connectivity index (χ3v) is 3.97. The Morgan fingerprint density at radius 3 is 2.94 bits per heavy atom. The van der Waals surface area contributed by atoms with Crippen LogP contribution in [-0.2, 0) is 6.42 Å². The zero-order valence-corrected chi connectivity index (χ0v) is 10.7. The van der Waals surface area contributed by atoms with E-state index in [-0.39, 0.29) is 6.10 Å². The van der Waals surface area contributed by atoms with Gasteiger partial charge in [0.1, 0.15) is 11.9 Å². The lowest BCUT2D eigenvalue weighted by Gasteiger charge is -2.09. The number of nitrogens with two attached hydrogens (primary N) is 1. The van der Waals surface area contributed by atoms with E-state index in [0.29, 0.717) is 5.69 Å². The van der Waals surface area contributed by atoms with E-state index in [2.05, 4.69) is 17.1 Å². The summed E-state index contributed by atoms with van der Waals surface area (Å²) in [6.07, 6.45) is 2.91. The van der Waals surface area contributed by atoms with Crippen LogP contribution in [0, 0.1) is 0 Å². The standard InChI is InChI=1S/C14H14N2OS/c15-11-5-6-14(16-8-11)18-9-12-7-10-3-1-2-4-13(10)17-12/h1-6,8,12H,7,9,15H2. The molecule has 0 saturated carbocycles. The summed E-state index contributed by atoms with van der Waals surface area (Å²) < 4.78 is 5.88. The fourth-order valence-electron chi connectivity index (χ4n) is 2.00. The Morgan fingerprint density at radius 1 is 1.28 bits per heavy atom. The fraction of sp³-hybridized carbons (Fsp3) is 0.214. The summed E-state index contributed by atoms with van der Waals surface area (Å²) in [7, 11) is 0. The molecule has 1 aliphatic heterocycles. The second kappa shape index (κ2) is 4.90. The highest BCUT2D eigenvalue weighted by atomic mass is 32.2. The molecule has 0 radical (unpaired) electrons. The summed E-state index contributed by atoms with van der Waals surface area (Å²) in [6, 6.07) is 12.0. The zero-order valence-electron chi connectivity index (χ0n) is 9.87. The van der Waals surface area contributed by atoms with Crippen molar-refractivity contribution in [1.29, 1.82) is 0 Å². The predicted molar refractivity (Wildman–Crippen MR) is 73.9 cm³/mol. The molecule has 3 rings (SSSR count). The molecule has 2 heterocycles. The molecule has 0 fully saturated rings. The largest absolute Gasteiger partial charge is 0.489 e. The number of benzene rings is 1. The Labute approximate surface area is 110 Å². The number of anilines is 1. The van der Waals surface area contributed by atoms with Gasteiger partial charge < -0.3 is 10.5 Å². The van der Waals surface area contributed by atoms with E-state index in [1.807, 2.05) is 24.3 Å². The van der Waals surface area contributed by atoms with Crippen molar-refractivity contribution in [3.8, 4) is 5.75 Å². The van der Waals surface area contributed by atoms with Crippen LogP contribution in [0.4, 0.5) is 5.69 Å². The lowest BCUT2D eigenvalue weighted by atomic mass is 10.1. The molecule has 0 amide bonds. The lowest BCUT2D eigenvalue weighted by Crippen LogP contribution is -2.15. The minimum atomic E-state index is 0.242. The Hall–Kier alpha value is -1.68. The van der Waals surface area contributed by atoms with Gasteiger partial charge in [0.2, 0.25) is 0 Å². The first-order valence-corrected chi connectivity index (χ1v) is 6.89. The quantitative estimate of drug-likeness (QED) is 0.860. The molecule has 1 aliphatic rings. The van der Waals surface area contributed by atoms with Gasteiger partial charge in [-0.3, -0.25) is 0 Å². The Kier molecular flexibility index (Phi) is 3.11. The molecule has 3 nitrogen and oxygen atoms in total. The maximum absolute atomic E-state index is 5.88. The van der Waals surface area contributed by atoms with Crippen molar-refractivity contribution >= 4 is 17.4 Å². The number of nitrogens with zero attached hydrogens (tertiary/aromatic N) is 1. The number of thioether (sulfide) groups is 1. The average Bonchev–Trinajstić information content (AvgIpc) is 2.81. The molecule has 0 aliphatic carbocycles. The highest BCUT2D eigenvalue weighted by molar-refractivity contribution is 7.99. The Bertz CT molecular complexity index is 517. The monoisotopic (exact) mass is 258 g/mol. The van der Waals surface area contributed by atoms with Crippen LogP contribution in [-0.4, -0.2) is 16.8 Å². The molecule has 4 heteroatoms. The van der Waals surface area contributed by atoms with Gasteiger partial charge in [0, 0.05) is 12.2 Å². The van der Waals surface area contributed by atoms with Crippen molar-refractivity contribution in [2.24, 2.45) is 0 Å². The molecule has 0 saturated heterocycles. The van der Waals surface area contributed by atoms with Crippen molar-refractivity contribution in [2.75, 3.05) is 11.5 Å². The maximum Gasteiger partial charge on any atom is 0.123 e. The summed E-state index contributed by atoms with van der Waals surface area (Å²) in [4.78, 5) is 4.27. The van der Waals surface area contributed by atoms with Crippen LogP contribution in [0.2, 0.25) is 0 Å². The number of hydrogen-bond donors (Lipinski definition) is 1. The third-order valence-electron chi connectivity index (χ3n) is 2.89. The van der Waals surface area contributed by atoms with Crippen LogP contribution in [0.15, 0.2) is 47.6 Å². The molecular weight excluding hydrogens is 244 g/mol. The molecule has 1 aromatic carbocycles. The second-order valence-corrected chi connectivity index (χ2v) is 5.33. The molecule has 0 bridgehead atoms. The minimum absolute atomic E-state index is 0.242. The first kappa shape index (κ1) is 11.4. The Morgan fingerprint density at radius 2 is 2.17 bits per heavy atom. The van der Waals surface area contributed by atoms with Crippen LogP contribution < -0.4 is 10.5 Å². The van der Waals surface area contributed by atoms with Gasteiger partial charge in [0.05, 0.1) is 16.9 Å². The highest BCUT2D eigenvalue weighted by Gasteiger charge is 2.22. The van der Waals surface area contributed by atoms with E-state index in [1.165, 1.54) is 5.56 Å². The molecule has 2 N–H and O–H groups in total. The van der Waals surface area contributed by atoms with E-state index in [0.717, 1.165) is 22.9 Å². The first-order chi connectivity index (χ1) is 8.81. The van der Waals surface area contributed by atoms with Crippen LogP contribution in [0.3, 0.4) is 0 Å². The predicted octanol–water partition coefficient (Wildman–Crippen LogP) is 2.76. The van der Waals surface area contributed by atoms with E-state index < -0.39 is 0 Å². The highest BCUT2D eigenvalue weighted by Crippen LogP contribution is 2.30. The number of hydrogen-bond acceptors (Lipinski definition) is 4. The molecule has 2 aromatic rings. The second-order valence-electron chi connectivity index (χ2n) is 4.29. The number of ether oxygens (including phenoxy) is 1. The van der Waals surface area contributed by atoms with Crippen LogP contribution in [0.5, 0.6) is 5.75 Å². The van der Waals surface area contributed by atoms with Crippen LogP contribution in [0.1, 0.15) is 5.56 Å². The van der Waals surface area contributed by atoms with Gasteiger partial charge in [-0.15, -0.1) is 11.8 Å². The van der Waals surface area contributed by atoms with E-state index in [1.54, 1.807) is 18.0 Å². The van der Waals surface area contributed by atoms with Gasteiger partial charge in [-0.25, -0.2) is 4.98 Å². The molecule has 1 atom stereocenters. The summed E-state index contributed by atoms with van der Waals surface area (Å²) in [5, 5.41) is 0.990. The molecule has 1 aromatic heterocycles. The smallest absolute Gasteiger partial charge is 0.123 e. The molecule has 92 valence electrons. The SMILES string of the molecule is Nc1ccc(SCC2Cc3ccccc3O2)nc1. The van der Waals surface area contributed by atoms with Gasteiger partial charge in [-0.1, -0.05) is 18.2 Å². The van der Waals surface area contributed by atoms with Crippen molar-refractivity contribution in [3.05, 3.63) is 48.2 Å². The van der Waals surface area contributed by atoms with E-state index in [9.17, 15) is 0 Å². The summed E-state index contributed by atoms with van der Waals surface area (Å²) >= 11 is 1.71. The molecular formula is C14H14N2OS. The lowest BCUT2D eigenvalue weighted by molar-refractivity contribution is 0.259. The zero-order chi connectivity index (χ0) is 12.4. The fourth-order valence-corrected chi connectivity index (χ4v) is 2.84. The van der Waals surface area contributed by atoms with Crippen molar-refractivity contribution in [2.45, 2.75) is 17.6 Å². The summed E-state index contributed by atoms with van der Waals surface area (Å²) in [6.45, 7) is 0. The van der Waals surface area contributed by atoms with Gasteiger partial charge in [0.25, 0.3) is 0 Å². The van der Waals surface area contributed by atoms with Gasteiger partial charge in [-0.05, 0) is 23.8 Å². The third kappa shape index (κ3) is 2.43. The topological polar surface area (TPSA) is 48.1 Å². The van der Waals surface area contributed by atoms with Gasteiger partial charge >= 0.3 is 0 Å². The van der Waals surface area contributed by atoms with Gasteiger partial charge in [0.15, 0.2) is 0 Å². The van der Waals surface area contributed by atoms with Crippen LogP contribution >= 0.6 is 11.8 Å². The summed E-state index contributed by atoms with van der Waals surface area (Å²) in [5.41, 5.74) is 7.60. The summed E-state index contributed by atoms with van der Waals surface area (Å²) in [5.74, 6) is 1.93. The number of aromatic nitrogens is 1. The number of pyridine rings is 1. The van der Waals surface area contributed by atoms with Gasteiger partial charge in [-0.2, -0.15) is 0 Å². The number of fused-ring (bicyclic) bond motifs is 1. The maximum atomic E-state index is 5.88. The van der Waals surface area contributed by atoms with Crippen LogP contribution in [0.25, 0.3) is 0 Å². The number of nitrogen functional groups attached to an aromatic ring is 1. The normalized spacial score (nSPS) is 17.2. The number of para-hydroxylation sites is 1. The number of rotatable bonds is 3. The first-order valence-electron chi connectivity index (χ1n) is 5.90. The molecule has 1 unspecified atom stereocenters. The van der Waals surface area contributed by atoms with Crippen molar-refractivity contribution in [1.82, 2.24) is 4.98 Å². The Balaban J connectivity index is 1.58. The van der Waals surface area contributed by atoms with Crippen molar-refractivity contribution < 1.29 is 4.74 Å². The molecule has 0 spiro atoms. The molecule has 18 heavy (non-hydrogen) atoms.